The average Bonchev–Trinajstić information content (AvgIpc) is 2.94. The summed E-state index contributed by atoms with van der Waals surface area (Å²) in [6, 6.07) is 10.5. The van der Waals surface area contributed by atoms with Gasteiger partial charge in [0.2, 0.25) is 0 Å². The van der Waals surface area contributed by atoms with Gasteiger partial charge in [0.25, 0.3) is 0 Å². The fourth-order valence-electron chi connectivity index (χ4n) is 5.29. The van der Waals surface area contributed by atoms with Gasteiger partial charge in [-0.2, -0.15) is 0 Å². The van der Waals surface area contributed by atoms with Gasteiger partial charge in [-0.15, -0.1) is 0 Å². The van der Waals surface area contributed by atoms with E-state index >= 15 is 0 Å². The van der Waals surface area contributed by atoms with E-state index in [0.29, 0.717) is 37.0 Å². The van der Waals surface area contributed by atoms with E-state index in [9.17, 15) is 0 Å². The number of aliphatic hydroxyl groups is 2. The number of nitrogens with two attached hydrogens (primary N) is 1. The van der Waals surface area contributed by atoms with Gasteiger partial charge in [0.1, 0.15) is 46.9 Å². The van der Waals surface area contributed by atoms with Crippen molar-refractivity contribution in [2.45, 2.75) is 20.0 Å². The Kier molecular flexibility index (Phi) is 10.2. The number of aryl methyl sites for hydroxylation is 1. The Morgan fingerprint density at radius 1 is 0.805 bits per heavy atom. The van der Waals surface area contributed by atoms with Crippen molar-refractivity contribution in [3.05, 3.63) is 76.0 Å². The summed E-state index contributed by atoms with van der Waals surface area (Å²) in [6.45, 7) is 8.67. The van der Waals surface area contributed by atoms with Crippen molar-refractivity contribution in [1.82, 2.24) is 0 Å². The molecule has 0 saturated heterocycles. The third kappa shape index (κ3) is 6.82. The highest BCUT2D eigenvalue weighted by molar-refractivity contribution is 6.98. The monoisotopic (exact) mass is 579 g/mol. The fraction of sp³-hybridized carbons (Fsp3) is 0.406. The van der Waals surface area contributed by atoms with Gasteiger partial charge in [-0.1, -0.05) is 36.9 Å². The molecule has 2 aromatic carbocycles. The van der Waals surface area contributed by atoms with Crippen LogP contribution in [-0.4, -0.2) is 95.5 Å². The molecular formula is C32H43N2O6Si+. The summed E-state index contributed by atoms with van der Waals surface area (Å²) in [7, 11) is 2.09. The average molecular weight is 580 g/mol. The van der Waals surface area contributed by atoms with E-state index in [4.69, 9.17) is 34.9 Å². The molecule has 220 valence electrons. The van der Waals surface area contributed by atoms with Gasteiger partial charge in [0.05, 0.1) is 45.3 Å². The SMILES string of the molecule is Cc1ccc2c(c1)[Si](C)(C)C1=CC(=[N+](C)C)C=CC1=C2c1cc(N)c(OCCOCCO)cc1OCCOCCO. The Balaban J connectivity index is 1.86. The van der Waals surface area contributed by atoms with Crippen molar-refractivity contribution < 1.29 is 33.7 Å². The molecule has 0 aromatic heterocycles. The molecule has 8 nitrogen and oxygen atoms in total. The maximum absolute atomic E-state index is 9.08. The number of hydrogen-bond donors (Lipinski definition) is 3. The van der Waals surface area contributed by atoms with Gasteiger partial charge >= 0.3 is 0 Å². The summed E-state index contributed by atoms with van der Waals surface area (Å²) in [5, 5.41) is 20.8. The van der Waals surface area contributed by atoms with Crippen LogP contribution in [0.2, 0.25) is 13.1 Å². The maximum atomic E-state index is 9.08. The van der Waals surface area contributed by atoms with Crippen molar-refractivity contribution in [3.63, 3.8) is 0 Å². The minimum absolute atomic E-state index is 0.0377. The van der Waals surface area contributed by atoms with Gasteiger partial charge in [0.15, 0.2) is 5.71 Å². The molecule has 0 unspecified atom stereocenters. The molecule has 4 N–H and O–H groups in total. The van der Waals surface area contributed by atoms with Crippen molar-refractivity contribution >= 4 is 30.2 Å². The highest BCUT2D eigenvalue weighted by atomic mass is 28.3. The maximum Gasteiger partial charge on any atom is 0.199 e. The quantitative estimate of drug-likeness (QED) is 0.145. The second-order valence-electron chi connectivity index (χ2n) is 10.9. The minimum Gasteiger partial charge on any atom is -0.490 e. The predicted molar refractivity (Wildman–Crippen MR) is 166 cm³/mol. The van der Waals surface area contributed by atoms with Crippen molar-refractivity contribution in [1.29, 1.82) is 0 Å². The molecule has 0 amide bonds. The summed E-state index contributed by atoms with van der Waals surface area (Å²) >= 11 is 0. The Morgan fingerprint density at radius 3 is 2.10 bits per heavy atom. The van der Waals surface area contributed by atoms with E-state index in [1.165, 1.54) is 32.8 Å². The van der Waals surface area contributed by atoms with Crippen LogP contribution in [0.4, 0.5) is 5.69 Å². The molecule has 1 aliphatic carbocycles. The molecular weight excluding hydrogens is 536 g/mol. The number of aliphatic hydroxyl groups excluding tert-OH is 2. The van der Waals surface area contributed by atoms with Gasteiger partial charge < -0.3 is 34.9 Å². The molecule has 1 aliphatic heterocycles. The first kappa shape index (κ1) is 30.7. The van der Waals surface area contributed by atoms with Crippen LogP contribution in [0.3, 0.4) is 0 Å². The van der Waals surface area contributed by atoms with Crippen LogP contribution < -0.4 is 20.4 Å². The fourth-order valence-corrected chi connectivity index (χ4v) is 8.44. The lowest BCUT2D eigenvalue weighted by Gasteiger charge is -2.38. The number of fused-ring (bicyclic) bond motifs is 2. The zero-order valence-electron chi connectivity index (χ0n) is 24.8. The number of rotatable bonds is 13. The van der Waals surface area contributed by atoms with Gasteiger partial charge in [-0.3, -0.25) is 0 Å². The summed E-state index contributed by atoms with van der Waals surface area (Å²) in [6.07, 6.45) is 6.73. The number of allylic oxidation sites excluding steroid dienone is 5. The van der Waals surface area contributed by atoms with Crippen LogP contribution in [0.1, 0.15) is 16.7 Å². The first-order valence-electron chi connectivity index (χ1n) is 14.1. The highest BCUT2D eigenvalue weighted by Crippen LogP contribution is 2.45. The van der Waals surface area contributed by atoms with E-state index < -0.39 is 8.07 Å². The lowest BCUT2D eigenvalue weighted by atomic mass is 9.88. The highest BCUT2D eigenvalue weighted by Gasteiger charge is 2.40. The van der Waals surface area contributed by atoms with Crippen molar-refractivity contribution in [3.8, 4) is 11.5 Å². The van der Waals surface area contributed by atoms with Crippen LogP contribution >= 0.6 is 0 Å². The Morgan fingerprint density at radius 2 is 1.46 bits per heavy atom. The second-order valence-corrected chi connectivity index (χ2v) is 15.3. The van der Waals surface area contributed by atoms with Crippen LogP contribution in [0.15, 0.2) is 59.3 Å². The largest absolute Gasteiger partial charge is 0.490 e. The number of benzene rings is 2. The Hall–Kier alpha value is -3.21. The molecule has 0 atom stereocenters. The summed E-state index contributed by atoms with van der Waals surface area (Å²) in [4.78, 5) is 0. The molecule has 2 aliphatic rings. The van der Waals surface area contributed by atoms with Crippen LogP contribution in [0, 0.1) is 6.92 Å². The zero-order chi connectivity index (χ0) is 29.6. The number of nitrogen functional groups attached to an aromatic ring is 1. The third-order valence-electron chi connectivity index (χ3n) is 7.40. The summed E-state index contributed by atoms with van der Waals surface area (Å²) < 4.78 is 25.2. The van der Waals surface area contributed by atoms with Gasteiger partial charge in [0, 0.05) is 23.8 Å². The summed E-state index contributed by atoms with van der Waals surface area (Å²) in [5.74, 6) is 1.15. The molecule has 0 saturated carbocycles. The molecule has 2 aromatic rings. The Labute approximate surface area is 244 Å². The van der Waals surface area contributed by atoms with Gasteiger partial charge in [-0.05, 0) is 46.2 Å². The second kappa shape index (κ2) is 13.6. The third-order valence-corrected chi connectivity index (χ3v) is 10.9. The number of anilines is 1. The molecule has 9 heteroatoms. The number of nitrogens with zero attached hydrogens (tertiary/aromatic N) is 1. The van der Waals surface area contributed by atoms with Crippen molar-refractivity contribution in [2.24, 2.45) is 0 Å². The number of ether oxygens (including phenoxy) is 4. The number of hydrogen-bond acceptors (Lipinski definition) is 7. The van der Waals surface area contributed by atoms with E-state index in [1.807, 2.05) is 12.1 Å². The molecule has 4 rings (SSSR count). The first-order chi connectivity index (χ1) is 19.7. The zero-order valence-corrected chi connectivity index (χ0v) is 25.8. The van der Waals surface area contributed by atoms with Crippen LogP contribution in [0.25, 0.3) is 5.57 Å². The van der Waals surface area contributed by atoms with E-state index in [0.717, 1.165) is 11.1 Å². The molecule has 0 fully saturated rings. The first-order valence-corrected chi connectivity index (χ1v) is 17.1. The smallest absolute Gasteiger partial charge is 0.199 e. The molecule has 1 heterocycles. The molecule has 0 spiro atoms. The topological polar surface area (TPSA) is 106 Å². The normalized spacial score (nSPS) is 15.4. The van der Waals surface area contributed by atoms with Gasteiger partial charge in [-0.25, -0.2) is 4.58 Å². The summed E-state index contributed by atoms with van der Waals surface area (Å²) in [5.41, 5.74) is 13.9. The lowest BCUT2D eigenvalue weighted by molar-refractivity contribution is -0.462. The Bertz CT molecular complexity index is 1390. The minimum atomic E-state index is -2.05. The van der Waals surface area contributed by atoms with Crippen LogP contribution in [-0.2, 0) is 9.47 Å². The standard InChI is InChI=1S/C32H43N2O6Si/c1-22-6-8-24-30(18-22)41(4,5)31-19-23(34(2)3)7-9-25(31)32(24)26-20-27(33)29(40-17-15-38-13-11-36)21-28(26)39-16-14-37-12-10-35/h6-9,18-21,35-36H,10-17,33H2,1-5H3/q+1. The van der Waals surface area contributed by atoms with E-state index in [-0.39, 0.29) is 33.0 Å². The van der Waals surface area contributed by atoms with Crippen LogP contribution in [0.5, 0.6) is 11.5 Å². The van der Waals surface area contributed by atoms with E-state index in [1.54, 1.807) is 0 Å². The molecule has 0 radical (unpaired) electrons. The molecule has 0 bridgehead atoms. The van der Waals surface area contributed by atoms with Crippen molar-refractivity contribution in [2.75, 3.05) is 72.7 Å². The predicted octanol–water partition coefficient (Wildman–Crippen LogP) is 2.83. The lowest BCUT2D eigenvalue weighted by Crippen LogP contribution is -2.49. The molecule has 41 heavy (non-hydrogen) atoms. The van der Waals surface area contributed by atoms with E-state index in [2.05, 4.69) is 75.1 Å².